The van der Waals surface area contributed by atoms with Gasteiger partial charge in [-0.2, -0.15) is 0 Å². The maximum absolute atomic E-state index is 12.9. The molecule has 0 saturated heterocycles. The van der Waals surface area contributed by atoms with Crippen LogP contribution in [0.2, 0.25) is 0 Å². The molecule has 0 saturated carbocycles. The van der Waals surface area contributed by atoms with Gasteiger partial charge in [0, 0.05) is 18.1 Å². The van der Waals surface area contributed by atoms with Crippen molar-refractivity contribution in [3.8, 4) is 0 Å². The van der Waals surface area contributed by atoms with Crippen LogP contribution in [-0.4, -0.2) is 12.3 Å². The van der Waals surface area contributed by atoms with Crippen molar-refractivity contribution in [2.24, 2.45) is 5.73 Å². The molecule has 0 aliphatic rings. The number of carbonyl (C=O) groups is 1. The largest absolute Gasteiger partial charge is 0.324 e. The highest BCUT2D eigenvalue weighted by Crippen LogP contribution is 2.27. The number of ketones is 1. The van der Waals surface area contributed by atoms with Crippen molar-refractivity contribution in [2.75, 3.05) is 6.54 Å². The van der Waals surface area contributed by atoms with Crippen molar-refractivity contribution < 1.29 is 13.6 Å². The summed E-state index contributed by atoms with van der Waals surface area (Å²) in [6.45, 7) is 0.623. The van der Waals surface area contributed by atoms with Gasteiger partial charge in [-0.15, -0.1) is 0 Å². The molecule has 0 aliphatic heterocycles. The molecule has 0 atom stereocenters. The first-order valence-corrected chi connectivity index (χ1v) is 4.17. The highest BCUT2D eigenvalue weighted by molar-refractivity contribution is 5.97. The van der Waals surface area contributed by atoms with Crippen molar-refractivity contribution in [3.63, 3.8) is 0 Å². The van der Waals surface area contributed by atoms with Crippen molar-refractivity contribution in [2.45, 2.75) is 12.8 Å². The second-order valence-electron chi connectivity index (χ2n) is 3.10. The normalized spacial score (nSPS) is 11.4. The monoisotopic (exact) mass is 199 g/mol. The first kappa shape index (κ1) is 10.8. The van der Waals surface area contributed by atoms with Crippen LogP contribution in [0, 0.1) is 0 Å². The van der Waals surface area contributed by atoms with Gasteiger partial charge in [0.05, 0.1) is 6.54 Å². The maximum atomic E-state index is 12.9. The second-order valence-corrected chi connectivity index (χ2v) is 3.10. The fourth-order valence-corrected chi connectivity index (χ4v) is 1.08. The van der Waals surface area contributed by atoms with Gasteiger partial charge in [-0.1, -0.05) is 18.2 Å². The Morgan fingerprint density at radius 1 is 1.50 bits per heavy atom. The van der Waals surface area contributed by atoms with Crippen molar-refractivity contribution >= 4 is 5.78 Å². The molecule has 76 valence electrons. The van der Waals surface area contributed by atoms with E-state index < -0.39 is 5.92 Å². The van der Waals surface area contributed by atoms with E-state index in [4.69, 9.17) is 5.73 Å². The second kappa shape index (κ2) is 3.84. The summed E-state index contributed by atoms with van der Waals surface area (Å²) in [7, 11) is 0. The van der Waals surface area contributed by atoms with Crippen molar-refractivity contribution in [1.29, 1.82) is 0 Å². The molecule has 4 heteroatoms. The molecule has 1 rings (SSSR count). The molecule has 0 fully saturated rings. The number of Topliss-reactive ketones (excluding diaryl/α,β-unsaturated/α-hetero) is 1. The number of hydrogen-bond donors (Lipinski definition) is 1. The van der Waals surface area contributed by atoms with E-state index in [1.165, 1.54) is 24.3 Å². The van der Waals surface area contributed by atoms with Gasteiger partial charge in [0.2, 0.25) is 0 Å². The fourth-order valence-electron chi connectivity index (χ4n) is 1.08. The molecule has 2 N–H and O–H groups in total. The van der Waals surface area contributed by atoms with Crippen molar-refractivity contribution in [1.82, 2.24) is 0 Å². The number of nitrogens with two attached hydrogens (primary N) is 1. The summed E-state index contributed by atoms with van der Waals surface area (Å²) in [6, 6.07) is 5.36. The molecule has 14 heavy (non-hydrogen) atoms. The Bertz CT molecular complexity index is 344. The van der Waals surface area contributed by atoms with E-state index in [1.807, 2.05) is 0 Å². The number of alkyl halides is 2. The summed E-state index contributed by atoms with van der Waals surface area (Å²) < 4.78 is 25.7. The highest BCUT2D eigenvalue weighted by atomic mass is 19.3. The van der Waals surface area contributed by atoms with Gasteiger partial charge >= 0.3 is 0 Å². The zero-order valence-corrected chi connectivity index (χ0v) is 7.76. The minimum Gasteiger partial charge on any atom is -0.324 e. The molecule has 0 heterocycles. The van der Waals surface area contributed by atoms with E-state index in [0.29, 0.717) is 0 Å². The minimum absolute atomic E-state index is 0.168. The molecule has 0 spiro atoms. The maximum Gasteiger partial charge on any atom is 0.270 e. The smallest absolute Gasteiger partial charge is 0.270 e. The van der Waals surface area contributed by atoms with E-state index in [2.05, 4.69) is 0 Å². The molecule has 1 aromatic carbocycles. The quantitative estimate of drug-likeness (QED) is 0.756. The lowest BCUT2D eigenvalue weighted by molar-refractivity contribution is 0.0174. The molecular formula is C10H11F2NO. The summed E-state index contributed by atoms with van der Waals surface area (Å²) in [5.41, 5.74) is 5.18. The summed E-state index contributed by atoms with van der Waals surface area (Å²) in [4.78, 5) is 11.1. The van der Waals surface area contributed by atoms with Crippen LogP contribution in [0.5, 0.6) is 0 Å². The number of benzene rings is 1. The van der Waals surface area contributed by atoms with Crippen LogP contribution in [0.1, 0.15) is 22.8 Å². The van der Waals surface area contributed by atoms with Crippen LogP contribution in [0.4, 0.5) is 8.78 Å². The number of hydrogen-bond acceptors (Lipinski definition) is 2. The van der Waals surface area contributed by atoms with Crippen LogP contribution in [0.3, 0.4) is 0 Å². The third-order valence-corrected chi connectivity index (χ3v) is 1.88. The predicted octanol–water partition coefficient (Wildman–Crippen LogP) is 1.94. The molecule has 0 unspecified atom stereocenters. The van der Waals surface area contributed by atoms with Crippen molar-refractivity contribution in [3.05, 3.63) is 35.4 Å². The molecule has 0 radical (unpaired) electrons. The molecule has 0 amide bonds. The summed E-state index contributed by atoms with van der Waals surface area (Å²) in [5, 5.41) is 0. The lowest BCUT2D eigenvalue weighted by Gasteiger charge is -2.11. The van der Waals surface area contributed by atoms with E-state index in [1.54, 1.807) is 0 Å². The van der Waals surface area contributed by atoms with Gasteiger partial charge in [0.15, 0.2) is 5.78 Å². The van der Waals surface area contributed by atoms with Gasteiger partial charge in [-0.05, 0) is 6.07 Å². The highest BCUT2D eigenvalue weighted by Gasteiger charge is 2.24. The zero-order valence-electron chi connectivity index (χ0n) is 7.76. The zero-order chi connectivity index (χ0) is 10.8. The summed E-state index contributed by atoms with van der Waals surface area (Å²) in [6.07, 6.45) is 0. The lowest BCUT2D eigenvalue weighted by atomic mass is 10.0. The van der Waals surface area contributed by atoms with Crippen LogP contribution in [0.15, 0.2) is 24.3 Å². The van der Waals surface area contributed by atoms with Gasteiger partial charge < -0.3 is 5.73 Å². The Morgan fingerprint density at radius 2 is 2.14 bits per heavy atom. The van der Waals surface area contributed by atoms with Crippen LogP contribution in [-0.2, 0) is 5.92 Å². The van der Waals surface area contributed by atoms with Gasteiger partial charge in [0.25, 0.3) is 5.92 Å². The van der Waals surface area contributed by atoms with Gasteiger partial charge in [-0.3, -0.25) is 4.79 Å². The third kappa shape index (κ3) is 2.35. The molecular weight excluding hydrogens is 188 g/mol. The lowest BCUT2D eigenvalue weighted by Crippen LogP contribution is -2.15. The number of rotatable bonds is 3. The molecule has 0 aliphatic carbocycles. The van der Waals surface area contributed by atoms with E-state index in [0.717, 1.165) is 6.92 Å². The fraction of sp³-hybridized carbons (Fsp3) is 0.300. The van der Waals surface area contributed by atoms with E-state index in [-0.39, 0.29) is 23.5 Å². The molecule has 1 aromatic rings. The van der Waals surface area contributed by atoms with Crippen LogP contribution >= 0.6 is 0 Å². The predicted molar refractivity (Wildman–Crippen MR) is 49.4 cm³/mol. The number of halogens is 2. The first-order valence-electron chi connectivity index (χ1n) is 4.17. The SMILES string of the molecule is CC(F)(F)c1cccc(C(=O)CN)c1. The first-order chi connectivity index (χ1) is 6.45. The minimum atomic E-state index is -2.93. The Kier molecular flexibility index (Phi) is 2.96. The standard InChI is InChI=1S/C10H11F2NO/c1-10(11,12)8-4-2-3-7(5-8)9(14)6-13/h2-5H,6,13H2,1H3. The van der Waals surface area contributed by atoms with Crippen LogP contribution in [0.25, 0.3) is 0 Å². The average Bonchev–Trinajstić information content (AvgIpc) is 2.15. The Morgan fingerprint density at radius 3 is 2.64 bits per heavy atom. The third-order valence-electron chi connectivity index (χ3n) is 1.88. The summed E-state index contributed by atoms with van der Waals surface area (Å²) >= 11 is 0. The topological polar surface area (TPSA) is 43.1 Å². The van der Waals surface area contributed by atoms with E-state index in [9.17, 15) is 13.6 Å². The van der Waals surface area contributed by atoms with Gasteiger partial charge in [-0.25, -0.2) is 8.78 Å². The Hall–Kier alpha value is -1.29. The van der Waals surface area contributed by atoms with Crippen LogP contribution < -0.4 is 5.73 Å². The number of carbonyl (C=O) groups excluding carboxylic acids is 1. The molecule has 0 aromatic heterocycles. The molecule has 0 bridgehead atoms. The Labute approximate surface area is 80.7 Å². The summed E-state index contributed by atoms with van der Waals surface area (Å²) in [5.74, 6) is -3.26. The van der Waals surface area contributed by atoms with E-state index >= 15 is 0 Å². The van der Waals surface area contributed by atoms with Gasteiger partial charge in [0.1, 0.15) is 0 Å². The molecule has 2 nitrogen and oxygen atoms in total. The Balaban J connectivity index is 3.08. The average molecular weight is 199 g/mol.